The Bertz CT molecular complexity index is 866. The number of aryl methyl sites for hydroxylation is 1. The predicted molar refractivity (Wildman–Crippen MR) is 91.5 cm³/mol. The maximum atomic E-state index is 11.6. The zero-order valence-electron chi connectivity index (χ0n) is 13.6. The Morgan fingerprint density at radius 2 is 1.96 bits per heavy atom. The molecular weight excluding hydrogens is 326 g/mol. The third kappa shape index (κ3) is 2.91. The van der Waals surface area contributed by atoms with E-state index in [4.69, 9.17) is 0 Å². The second-order valence-electron chi connectivity index (χ2n) is 6.01. The van der Waals surface area contributed by atoms with Gasteiger partial charge in [-0.15, -0.1) is 0 Å². The minimum absolute atomic E-state index is 0.105. The average Bonchev–Trinajstić information content (AvgIpc) is 2.98. The van der Waals surface area contributed by atoms with E-state index >= 15 is 0 Å². The molecule has 2 N–H and O–H groups in total. The highest BCUT2D eigenvalue weighted by atomic mass is 16.6. The van der Waals surface area contributed by atoms with Gasteiger partial charge in [-0.2, -0.15) is 0 Å². The van der Waals surface area contributed by atoms with Crippen LogP contribution in [-0.2, 0) is 13.0 Å². The highest BCUT2D eigenvalue weighted by molar-refractivity contribution is 5.78. The molecule has 0 saturated heterocycles. The lowest BCUT2D eigenvalue weighted by molar-refractivity contribution is -0.392. The molecule has 0 saturated carbocycles. The Balaban J connectivity index is 2.13. The van der Waals surface area contributed by atoms with Gasteiger partial charge in [0.1, 0.15) is 0 Å². The summed E-state index contributed by atoms with van der Waals surface area (Å²) >= 11 is 0. The van der Waals surface area contributed by atoms with Crippen LogP contribution in [0.15, 0.2) is 30.3 Å². The van der Waals surface area contributed by atoms with E-state index in [1.165, 1.54) is 13.0 Å². The average molecular weight is 343 g/mol. The van der Waals surface area contributed by atoms with E-state index in [1.54, 1.807) is 0 Å². The molecule has 1 atom stereocenters. The third-order valence-electron chi connectivity index (χ3n) is 4.64. The molecule has 0 amide bonds. The molecular formula is C17H17N3O5. The fourth-order valence-corrected chi connectivity index (χ4v) is 3.37. The van der Waals surface area contributed by atoms with E-state index in [0.717, 1.165) is 17.5 Å². The summed E-state index contributed by atoms with van der Waals surface area (Å²) in [5.74, 6) is 0. The quantitative estimate of drug-likeness (QED) is 0.634. The van der Waals surface area contributed by atoms with Gasteiger partial charge in [0.25, 0.3) is 5.69 Å². The van der Waals surface area contributed by atoms with Crippen molar-refractivity contribution in [3.05, 3.63) is 72.8 Å². The molecule has 130 valence electrons. The summed E-state index contributed by atoms with van der Waals surface area (Å²) in [5.41, 5.74) is 1.67. The second kappa shape index (κ2) is 6.48. The van der Waals surface area contributed by atoms with Crippen LogP contribution in [0.25, 0.3) is 0 Å². The third-order valence-corrected chi connectivity index (χ3v) is 4.64. The lowest BCUT2D eigenvalue weighted by atomic mass is 10.0. The molecule has 0 bridgehead atoms. The Morgan fingerprint density at radius 3 is 2.60 bits per heavy atom. The van der Waals surface area contributed by atoms with Gasteiger partial charge < -0.3 is 10.4 Å². The minimum atomic E-state index is -0.658. The molecule has 1 aliphatic rings. The standard InChI is InChI=1S/C17H17N3O5/c1-10-12(9-21)8-15(19(22)23)16(17(10)20(24)25)18-14-7-6-11-4-2-3-5-13(11)14/h2-5,8,14,18,21H,6-7,9H2,1H3. The van der Waals surface area contributed by atoms with Crippen molar-refractivity contribution in [3.8, 4) is 0 Å². The van der Waals surface area contributed by atoms with Gasteiger partial charge in [0.2, 0.25) is 0 Å². The minimum Gasteiger partial charge on any atom is -0.392 e. The zero-order chi connectivity index (χ0) is 18.1. The number of aliphatic hydroxyl groups is 1. The summed E-state index contributed by atoms with van der Waals surface area (Å²) in [6, 6.07) is 8.68. The number of fused-ring (bicyclic) bond motifs is 1. The second-order valence-corrected chi connectivity index (χ2v) is 6.01. The summed E-state index contributed by atoms with van der Waals surface area (Å²) < 4.78 is 0. The highest BCUT2D eigenvalue weighted by Crippen LogP contribution is 2.43. The van der Waals surface area contributed by atoms with Gasteiger partial charge in [0.15, 0.2) is 5.69 Å². The lowest BCUT2D eigenvalue weighted by Gasteiger charge is -2.17. The monoisotopic (exact) mass is 343 g/mol. The van der Waals surface area contributed by atoms with Crippen molar-refractivity contribution >= 4 is 17.1 Å². The van der Waals surface area contributed by atoms with Gasteiger partial charge in [-0.3, -0.25) is 20.2 Å². The molecule has 0 spiro atoms. The number of anilines is 1. The fraction of sp³-hybridized carbons (Fsp3) is 0.294. The van der Waals surface area contributed by atoms with Crippen LogP contribution in [-0.4, -0.2) is 15.0 Å². The van der Waals surface area contributed by atoms with Gasteiger partial charge in [-0.05, 0) is 36.5 Å². The first-order chi connectivity index (χ1) is 11.9. The first-order valence-electron chi connectivity index (χ1n) is 7.84. The molecule has 8 heteroatoms. The van der Waals surface area contributed by atoms with Crippen molar-refractivity contribution in [2.75, 3.05) is 5.32 Å². The molecule has 0 radical (unpaired) electrons. The number of rotatable bonds is 5. The summed E-state index contributed by atoms with van der Waals surface area (Å²) in [6.45, 7) is 0.987. The molecule has 0 fully saturated rings. The molecule has 2 aromatic rings. The number of aliphatic hydroxyl groups excluding tert-OH is 1. The first-order valence-corrected chi connectivity index (χ1v) is 7.84. The first kappa shape index (κ1) is 16.8. The topological polar surface area (TPSA) is 119 Å². The fourth-order valence-electron chi connectivity index (χ4n) is 3.37. The smallest absolute Gasteiger partial charge is 0.302 e. The SMILES string of the molecule is Cc1c(CO)cc([N+](=O)[O-])c(NC2CCc3ccccc32)c1[N+](=O)[O-]. The van der Waals surface area contributed by atoms with Gasteiger partial charge in [0, 0.05) is 11.6 Å². The van der Waals surface area contributed by atoms with Gasteiger partial charge in [-0.25, -0.2) is 0 Å². The van der Waals surface area contributed by atoms with Crippen LogP contribution in [0.4, 0.5) is 17.1 Å². The maximum Gasteiger partial charge on any atom is 0.302 e. The van der Waals surface area contributed by atoms with Crippen molar-refractivity contribution in [2.45, 2.75) is 32.4 Å². The van der Waals surface area contributed by atoms with Crippen molar-refractivity contribution in [3.63, 3.8) is 0 Å². The van der Waals surface area contributed by atoms with Crippen molar-refractivity contribution < 1.29 is 15.0 Å². The molecule has 8 nitrogen and oxygen atoms in total. The van der Waals surface area contributed by atoms with Gasteiger partial charge in [0.05, 0.1) is 22.5 Å². The van der Waals surface area contributed by atoms with E-state index in [2.05, 4.69) is 5.32 Å². The van der Waals surface area contributed by atoms with E-state index in [1.807, 2.05) is 24.3 Å². The van der Waals surface area contributed by atoms with E-state index in [-0.39, 0.29) is 28.5 Å². The van der Waals surface area contributed by atoms with Crippen molar-refractivity contribution in [2.24, 2.45) is 0 Å². The number of nitro groups is 2. The molecule has 1 aliphatic carbocycles. The lowest BCUT2D eigenvalue weighted by Crippen LogP contribution is -2.12. The number of benzene rings is 2. The largest absolute Gasteiger partial charge is 0.392 e. The zero-order valence-corrected chi connectivity index (χ0v) is 13.6. The van der Waals surface area contributed by atoms with Crippen LogP contribution in [0.3, 0.4) is 0 Å². The summed E-state index contributed by atoms with van der Waals surface area (Å²) in [6.07, 6.45) is 1.51. The Hall–Kier alpha value is -3.00. The molecule has 2 aromatic carbocycles. The normalized spacial score (nSPS) is 15.7. The number of nitro benzene ring substituents is 2. The molecule has 0 aromatic heterocycles. The number of nitrogens with one attached hydrogen (secondary N) is 1. The summed E-state index contributed by atoms with van der Waals surface area (Å²) in [7, 11) is 0. The van der Waals surface area contributed by atoms with E-state index in [0.29, 0.717) is 6.42 Å². The summed E-state index contributed by atoms with van der Waals surface area (Å²) in [5, 5.41) is 35.4. The molecule has 1 unspecified atom stereocenters. The molecule has 25 heavy (non-hydrogen) atoms. The van der Waals surface area contributed by atoms with Crippen LogP contribution in [0.5, 0.6) is 0 Å². The van der Waals surface area contributed by atoms with E-state index < -0.39 is 22.1 Å². The number of hydrogen-bond acceptors (Lipinski definition) is 6. The van der Waals surface area contributed by atoms with Crippen LogP contribution in [0.2, 0.25) is 0 Å². The Kier molecular flexibility index (Phi) is 4.37. The Morgan fingerprint density at radius 1 is 1.24 bits per heavy atom. The number of hydrogen-bond donors (Lipinski definition) is 2. The van der Waals surface area contributed by atoms with Gasteiger partial charge >= 0.3 is 5.69 Å². The van der Waals surface area contributed by atoms with Gasteiger partial charge in [-0.1, -0.05) is 24.3 Å². The van der Waals surface area contributed by atoms with Crippen LogP contribution in [0.1, 0.15) is 34.7 Å². The van der Waals surface area contributed by atoms with Crippen LogP contribution in [0, 0.1) is 27.2 Å². The highest BCUT2D eigenvalue weighted by Gasteiger charge is 2.33. The maximum absolute atomic E-state index is 11.6. The van der Waals surface area contributed by atoms with Crippen molar-refractivity contribution in [1.82, 2.24) is 0 Å². The number of nitrogens with zero attached hydrogens (tertiary/aromatic N) is 2. The molecule has 0 heterocycles. The summed E-state index contributed by atoms with van der Waals surface area (Å²) in [4.78, 5) is 21.7. The predicted octanol–water partition coefficient (Wildman–Crippen LogP) is 3.40. The van der Waals surface area contributed by atoms with Crippen molar-refractivity contribution in [1.29, 1.82) is 0 Å². The Labute approximate surface area is 143 Å². The molecule has 0 aliphatic heterocycles. The molecule has 3 rings (SSSR count). The van der Waals surface area contributed by atoms with E-state index in [9.17, 15) is 25.3 Å². The van der Waals surface area contributed by atoms with Crippen LogP contribution >= 0.6 is 0 Å². The van der Waals surface area contributed by atoms with Crippen LogP contribution < -0.4 is 5.32 Å².